The van der Waals surface area contributed by atoms with Gasteiger partial charge in [0.15, 0.2) is 5.69 Å². The number of carbonyl (C=O) groups is 1. The van der Waals surface area contributed by atoms with Gasteiger partial charge in [-0.15, -0.1) is 0 Å². The van der Waals surface area contributed by atoms with Gasteiger partial charge in [0.1, 0.15) is 5.75 Å². The van der Waals surface area contributed by atoms with E-state index >= 15 is 0 Å². The standard InChI is InChI=1S/C14H13ClN2O3/c1-20-12-6-2-4-10(15)9(12)8-17-11-5-3-7-16-13(11)14(18)19/h2-7,17H,8H2,1H3,(H,18,19). The predicted octanol–water partition coefficient (Wildman–Crippen LogP) is 3.05. The predicted molar refractivity (Wildman–Crippen MR) is 76.5 cm³/mol. The van der Waals surface area contributed by atoms with Crippen LogP contribution in [-0.4, -0.2) is 23.2 Å². The molecule has 20 heavy (non-hydrogen) atoms. The van der Waals surface area contributed by atoms with Crippen molar-refractivity contribution in [2.75, 3.05) is 12.4 Å². The molecule has 0 amide bonds. The third kappa shape index (κ3) is 3.00. The van der Waals surface area contributed by atoms with E-state index in [1.54, 1.807) is 37.4 Å². The van der Waals surface area contributed by atoms with E-state index in [1.165, 1.54) is 6.20 Å². The molecule has 1 heterocycles. The van der Waals surface area contributed by atoms with E-state index in [2.05, 4.69) is 10.3 Å². The zero-order valence-corrected chi connectivity index (χ0v) is 11.5. The first-order valence-corrected chi connectivity index (χ1v) is 6.25. The minimum Gasteiger partial charge on any atom is -0.496 e. The summed E-state index contributed by atoms with van der Waals surface area (Å²) in [5.41, 5.74) is 1.16. The maximum absolute atomic E-state index is 11.1. The second-order valence-electron chi connectivity index (χ2n) is 3.98. The molecule has 0 radical (unpaired) electrons. The molecule has 0 aliphatic rings. The molecule has 0 unspecified atom stereocenters. The number of hydrogen-bond acceptors (Lipinski definition) is 4. The highest BCUT2D eigenvalue weighted by Gasteiger charge is 2.12. The highest BCUT2D eigenvalue weighted by Crippen LogP contribution is 2.27. The van der Waals surface area contributed by atoms with Gasteiger partial charge >= 0.3 is 5.97 Å². The van der Waals surface area contributed by atoms with Crippen LogP contribution < -0.4 is 10.1 Å². The largest absolute Gasteiger partial charge is 0.496 e. The zero-order chi connectivity index (χ0) is 14.5. The molecule has 0 aliphatic heterocycles. The van der Waals surface area contributed by atoms with Gasteiger partial charge in [-0.1, -0.05) is 17.7 Å². The summed E-state index contributed by atoms with van der Waals surface area (Å²) < 4.78 is 5.24. The van der Waals surface area contributed by atoms with E-state index in [9.17, 15) is 4.79 Å². The zero-order valence-electron chi connectivity index (χ0n) is 10.8. The first-order valence-electron chi connectivity index (χ1n) is 5.87. The van der Waals surface area contributed by atoms with E-state index < -0.39 is 5.97 Å². The van der Waals surface area contributed by atoms with Crippen LogP contribution in [0.1, 0.15) is 16.1 Å². The molecule has 2 N–H and O–H groups in total. The number of nitrogens with one attached hydrogen (secondary N) is 1. The van der Waals surface area contributed by atoms with Crippen LogP contribution in [0.25, 0.3) is 0 Å². The molecule has 0 fully saturated rings. The minimum absolute atomic E-state index is 0.0291. The van der Waals surface area contributed by atoms with Crippen molar-refractivity contribution >= 4 is 23.3 Å². The van der Waals surface area contributed by atoms with Gasteiger partial charge in [0.25, 0.3) is 0 Å². The molecular weight excluding hydrogens is 280 g/mol. The molecule has 5 nitrogen and oxygen atoms in total. The number of aromatic carboxylic acids is 1. The summed E-state index contributed by atoms with van der Waals surface area (Å²) in [6, 6.07) is 8.66. The van der Waals surface area contributed by atoms with E-state index in [4.69, 9.17) is 21.4 Å². The number of ether oxygens (including phenoxy) is 1. The van der Waals surface area contributed by atoms with Crippen molar-refractivity contribution in [3.05, 3.63) is 52.8 Å². The Hall–Kier alpha value is -2.27. The van der Waals surface area contributed by atoms with Gasteiger partial charge in [-0.05, 0) is 24.3 Å². The van der Waals surface area contributed by atoms with Gasteiger partial charge in [0.2, 0.25) is 0 Å². The fraction of sp³-hybridized carbons (Fsp3) is 0.143. The summed E-state index contributed by atoms with van der Waals surface area (Å²) in [5, 5.41) is 12.6. The van der Waals surface area contributed by atoms with Crippen LogP contribution in [0, 0.1) is 0 Å². The Bertz CT molecular complexity index is 632. The van der Waals surface area contributed by atoms with Crippen molar-refractivity contribution in [1.82, 2.24) is 4.98 Å². The van der Waals surface area contributed by atoms with Crippen molar-refractivity contribution in [3.63, 3.8) is 0 Å². The Morgan fingerprint density at radius 3 is 2.90 bits per heavy atom. The SMILES string of the molecule is COc1cccc(Cl)c1CNc1cccnc1C(=O)O. The third-order valence-corrected chi connectivity index (χ3v) is 3.12. The highest BCUT2D eigenvalue weighted by molar-refractivity contribution is 6.31. The number of pyridine rings is 1. The number of carboxylic acids is 1. The van der Waals surface area contributed by atoms with Crippen LogP contribution in [0.3, 0.4) is 0 Å². The Morgan fingerprint density at radius 2 is 2.20 bits per heavy atom. The lowest BCUT2D eigenvalue weighted by molar-refractivity contribution is 0.0691. The van der Waals surface area contributed by atoms with E-state index in [1.807, 2.05) is 0 Å². The first kappa shape index (κ1) is 14.1. The van der Waals surface area contributed by atoms with Gasteiger partial charge in [-0.25, -0.2) is 9.78 Å². The molecule has 0 saturated carbocycles. The van der Waals surface area contributed by atoms with Crippen molar-refractivity contribution in [2.45, 2.75) is 6.54 Å². The summed E-state index contributed by atoms with van der Waals surface area (Å²) >= 11 is 6.12. The molecule has 6 heteroatoms. The monoisotopic (exact) mass is 292 g/mol. The lowest BCUT2D eigenvalue weighted by Gasteiger charge is -2.13. The first-order chi connectivity index (χ1) is 9.63. The molecule has 104 valence electrons. The van der Waals surface area contributed by atoms with Crippen LogP contribution in [0.5, 0.6) is 5.75 Å². The third-order valence-electron chi connectivity index (χ3n) is 2.76. The van der Waals surface area contributed by atoms with Gasteiger partial charge in [0, 0.05) is 23.3 Å². The van der Waals surface area contributed by atoms with E-state index in [0.29, 0.717) is 23.0 Å². The Balaban J connectivity index is 2.24. The van der Waals surface area contributed by atoms with Crippen LogP contribution >= 0.6 is 11.6 Å². The fourth-order valence-electron chi connectivity index (χ4n) is 1.80. The number of hydrogen-bond donors (Lipinski definition) is 2. The Morgan fingerprint density at radius 1 is 1.40 bits per heavy atom. The number of nitrogens with zero attached hydrogens (tertiary/aromatic N) is 1. The summed E-state index contributed by atoms with van der Waals surface area (Å²) in [6.45, 7) is 0.342. The number of anilines is 1. The number of rotatable bonds is 5. The van der Waals surface area contributed by atoms with Crippen molar-refractivity contribution in [1.29, 1.82) is 0 Å². The summed E-state index contributed by atoms with van der Waals surface area (Å²) in [5.74, 6) is -0.440. The molecule has 0 bridgehead atoms. The lowest BCUT2D eigenvalue weighted by atomic mass is 10.2. The molecule has 2 rings (SSSR count). The number of methoxy groups -OCH3 is 1. The highest BCUT2D eigenvalue weighted by atomic mass is 35.5. The quantitative estimate of drug-likeness (QED) is 0.886. The van der Waals surface area contributed by atoms with Crippen LogP contribution in [-0.2, 0) is 6.54 Å². The molecule has 0 atom stereocenters. The van der Waals surface area contributed by atoms with Crippen molar-refractivity contribution in [2.24, 2.45) is 0 Å². The maximum atomic E-state index is 11.1. The maximum Gasteiger partial charge on any atom is 0.356 e. The summed E-state index contributed by atoms with van der Waals surface area (Å²) in [6.07, 6.45) is 1.44. The molecule has 1 aromatic carbocycles. The lowest BCUT2D eigenvalue weighted by Crippen LogP contribution is -2.09. The van der Waals surface area contributed by atoms with Crippen LogP contribution in [0.15, 0.2) is 36.5 Å². The van der Waals surface area contributed by atoms with Gasteiger partial charge in [-0.3, -0.25) is 0 Å². The average Bonchev–Trinajstić information content (AvgIpc) is 2.46. The van der Waals surface area contributed by atoms with Crippen molar-refractivity contribution < 1.29 is 14.6 Å². The second kappa shape index (κ2) is 6.25. The fourth-order valence-corrected chi connectivity index (χ4v) is 2.04. The van der Waals surface area contributed by atoms with Crippen LogP contribution in [0.2, 0.25) is 5.02 Å². The molecule has 0 aliphatic carbocycles. The van der Waals surface area contributed by atoms with E-state index in [0.717, 1.165) is 5.56 Å². The van der Waals surface area contributed by atoms with Gasteiger partial charge in [0.05, 0.1) is 12.8 Å². The number of carboxylic acid groups (broad SMARTS) is 1. The number of halogens is 1. The topological polar surface area (TPSA) is 71.5 Å². The average molecular weight is 293 g/mol. The normalized spacial score (nSPS) is 10.1. The second-order valence-corrected chi connectivity index (χ2v) is 4.39. The molecule has 2 aromatic rings. The number of benzene rings is 1. The minimum atomic E-state index is -1.08. The number of aromatic nitrogens is 1. The van der Waals surface area contributed by atoms with Gasteiger partial charge in [-0.2, -0.15) is 0 Å². The van der Waals surface area contributed by atoms with E-state index in [-0.39, 0.29) is 5.69 Å². The van der Waals surface area contributed by atoms with Gasteiger partial charge < -0.3 is 15.2 Å². The Kier molecular flexibility index (Phi) is 4.42. The van der Waals surface area contributed by atoms with Crippen molar-refractivity contribution in [3.8, 4) is 5.75 Å². The smallest absolute Gasteiger partial charge is 0.356 e. The molecular formula is C14H13ClN2O3. The molecule has 0 saturated heterocycles. The Labute approximate surface area is 121 Å². The van der Waals surface area contributed by atoms with Crippen LogP contribution in [0.4, 0.5) is 5.69 Å². The molecule has 1 aromatic heterocycles. The summed E-state index contributed by atoms with van der Waals surface area (Å²) in [4.78, 5) is 14.9. The summed E-state index contributed by atoms with van der Waals surface area (Å²) in [7, 11) is 1.56. The molecule has 0 spiro atoms.